The summed E-state index contributed by atoms with van der Waals surface area (Å²) >= 11 is 0. The Hall–Kier alpha value is -2.63. The summed E-state index contributed by atoms with van der Waals surface area (Å²) in [6.07, 6.45) is 2.03. The number of hydrogen-bond acceptors (Lipinski definition) is 5. The summed E-state index contributed by atoms with van der Waals surface area (Å²) in [5.41, 5.74) is 0.205. The third-order valence-electron chi connectivity index (χ3n) is 2.09. The molecule has 1 aromatic carbocycles. The number of hydrogen-bond donors (Lipinski definition) is 0. The van der Waals surface area contributed by atoms with Crippen molar-refractivity contribution in [2.45, 2.75) is 0 Å². The molecule has 0 aliphatic rings. The molecular weight excluding hydrogens is 222 g/mol. The summed E-state index contributed by atoms with van der Waals surface area (Å²) in [6.45, 7) is 0. The molecule has 0 radical (unpaired) electrons. The molecule has 0 amide bonds. The van der Waals surface area contributed by atoms with Crippen molar-refractivity contribution in [1.82, 2.24) is 9.97 Å². The van der Waals surface area contributed by atoms with Gasteiger partial charge in [-0.05, 0) is 0 Å². The zero-order chi connectivity index (χ0) is 12.3. The Morgan fingerprint density at radius 3 is 2.24 bits per heavy atom. The third-order valence-corrected chi connectivity index (χ3v) is 2.09. The van der Waals surface area contributed by atoms with E-state index in [0.29, 0.717) is 5.56 Å². The first-order valence-corrected chi connectivity index (χ1v) is 4.74. The summed E-state index contributed by atoms with van der Waals surface area (Å²) in [7, 11) is 0. The van der Waals surface area contributed by atoms with E-state index < -0.39 is 4.92 Å². The number of rotatable bonds is 3. The zero-order valence-corrected chi connectivity index (χ0v) is 8.61. The topological polar surface area (TPSA) is 86.0 Å². The molecule has 0 spiro atoms. The highest BCUT2D eigenvalue weighted by Crippen LogP contribution is 2.09. The highest BCUT2D eigenvalue weighted by molar-refractivity contribution is 6.06. The lowest BCUT2D eigenvalue weighted by molar-refractivity contribution is -0.385. The number of nitro groups is 1. The van der Waals surface area contributed by atoms with Gasteiger partial charge in [0, 0.05) is 5.56 Å². The molecule has 84 valence electrons. The fourth-order valence-corrected chi connectivity index (χ4v) is 1.25. The standard InChI is InChI=1S/C11H7N3O3/c15-10(8-4-2-1-3-5-8)11-12-6-9(7-13-11)14(16)17/h1-7H. The number of ketones is 1. The molecule has 6 nitrogen and oxygen atoms in total. The average Bonchev–Trinajstić information content (AvgIpc) is 2.39. The number of benzene rings is 1. The van der Waals surface area contributed by atoms with Gasteiger partial charge >= 0.3 is 5.69 Å². The van der Waals surface area contributed by atoms with Crippen LogP contribution < -0.4 is 0 Å². The molecule has 0 aliphatic carbocycles. The Morgan fingerprint density at radius 1 is 1.12 bits per heavy atom. The van der Waals surface area contributed by atoms with Gasteiger partial charge in [-0.3, -0.25) is 14.9 Å². The minimum absolute atomic E-state index is 0.0539. The second-order valence-electron chi connectivity index (χ2n) is 3.22. The maximum absolute atomic E-state index is 11.8. The van der Waals surface area contributed by atoms with E-state index in [-0.39, 0.29) is 17.3 Å². The molecule has 0 saturated carbocycles. The Morgan fingerprint density at radius 2 is 1.71 bits per heavy atom. The largest absolute Gasteiger partial charge is 0.305 e. The van der Waals surface area contributed by atoms with Gasteiger partial charge in [-0.25, -0.2) is 9.97 Å². The zero-order valence-electron chi connectivity index (χ0n) is 8.61. The van der Waals surface area contributed by atoms with Crippen molar-refractivity contribution in [2.75, 3.05) is 0 Å². The molecule has 0 atom stereocenters. The van der Waals surface area contributed by atoms with Crippen LogP contribution in [0.4, 0.5) is 5.69 Å². The van der Waals surface area contributed by atoms with E-state index in [9.17, 15) is 14.9 Å². The molecule has 1 aromatic heterocycles. The van der Waals surface area contributed by atoms with Gasteiger partial charge in [-0.15, -0.1) is 0 Å². The molecule has 2 rings (SSSR count). The minimum atomic E-state index is -0.614. The van der Waals surface area contributed by atoms with Crippen LogP contribution in [-0.2, 0) is 0 Å². The lowest BCUT2D eigenvalue weighted by Crippen LogP contribution is -2.07. The number of carbonyl (C=O) groups is 1. The SMILES string of the molecule is O=C(c1ccccc1)c1ncc([N+](=O)[O-])cn1. The van der Waals surface area contributed by atoms with Crippen molar-refractivity contribution in [2.24, 2.45) is 0 Å². The highest BCUT2D eigenvalue weighted by Gasteiger charge is 2.13. The molecule has 2 aromatic rings. The van der Waals surface area contributed by atoms with Crippen LogP contribution in [0.5, 0.6) is 0 Å². The molecule has 1 heterocycles. The van der Waals surface area contributed by atoms with Crippen LogP contribution in [0.3, 0.4) is 0 Å². The van der Waals surface area contributed by atoms with E-state index in [4.69, 9.17) is 0 Å². The maximum Gasteiger partial charge on any atom is 0.305 e. The molecular formula is C11H7N3O3. The van der Waals surface area contributed by atoms with Crippen molar-refractivity contribution >= 4 is 11.5 Å². The molecule has 6 heteroatoms. The van der Waals surface area contributed by atoms with Crippen molar-refractivity contribution < 1.29 is 9.72 Å². The van der Waals surface area contributed by atoms with E-state index in [1.165, 1.54) is 0 Å². The summed E-state index contributed by atoms with van der Waals surface area (Å²) in [4.78, 5) is 29.0. The predicted molar refractivity (Wildman–Crippen MR) is 58.6 cm³/mol. The first-order valence-electron chi connectivity index (χ1n) is 4.74. The van der Waals surface area contributed by atoms with E-state index in [0.717, 1.165) is 12.4 Å². The van der Waals surface area contributed by atoms with Gasteiger partial charge < -0.3 is 0 Å². The fourth-order valence-electron chi connectivity index (χ4n) is 1.25. The summed E-state index contributed by atoms with van der Waals surface area (Å²) in [5, 5.41) is 10.4. The van der Waals surface area contributed by atoms with Crippen molar-refractivity contribution in [1.29, 1.82) is 0 Å². The first-order chi connectivity index (χ1) is 8.18. The van der Waals surface area contributed by atoms with E-state index in [2.05, 4.69) is 9.97 Å². The van der Waals surface area contributed by atoms with Gasteiger partial charge in [0.15, 0.2) is 0 Å². The molecule has 17 heavy (non-hydrogen) atoms. The molecule has 0 saturated heterocycles. The lowest BCUT2D eigenvalue weighted by Gasteiger charge is -1.98. The molecule has 0 fully saturated rings. The summed E-state index contributed by atoms with van der Waals surface area (Å²) in [6, 6.07) is 8.49. The Labute approximate surface area is 96.1 Å². The van der Waals surface area contributed by atoms with E-state index >= 15 is 0 Å². The van der Waals surface area contributed by atoms with Gasteiger partial charge in [0.1, 0.15) is 12.4 Å². The van der Waals surface area contributed by atoms with Gasteiger partial charge in [-0.1, -0.05) is 30.3 Å². The quantitative estimate of drug-likeness (QED) is 0.453. The van der Waals surface area contributed by atoms with Crippen LogP contribution in [0.25, 0.3) is 0 Å². The molecule has 0 N–H and O–H groups in total. The lowest BCUT2D eigenvalue weighted by atomic mass is 10.1. The molecule has 0 unspecified atom stereocenters. The van der Waals surface area contributed by atoms with Gasteiger partial charge in [0.2, 0.25) is 11.6 Å². The van der Waals surface area contributed by atoms with Crippen LogP contribution in [-0.4, -0.2) is 20.7 Å². The maximum atomic E-state index is 11.8. The van der Waals surface area contributed by atoms with Gasteiger partial charge in [0.25, 0.3) is 0 Å². The van der Waals surface area contributed by atoms with E-state index in [1.807, 2.05) is 0 Å². The van der Waals surface area contributed by atoms with Crippen LogP contribution in [0.15, 0.2) is 42.7 Å². The second kappa shape index (κ2) is 4.48. The normalized spacial score (nSPS) is 9.88. The Bertz CT molecular complexity index is 552. The van der Waals surface area contributed by atoms with E-state index in [1.54, 1.807) is 30.3 Å². The van der Waals surface area contributed by atoms with Crippen LogP contribution in [0, 0.1) is 10.1 Å². The predicted octanol–water partition coefficient (Wildman–Crippen LogP) is 1.62. The highest BCUT2D eigenvalue weighted by atomic mass is 16.6. The van der Waals surface area contributed by atoms with Crippen LogP contribution in [0.1, 0.15) is 16.2 Å². The summed E-state index contributed by atoms with van der Waals surface area (Å²) < 4.78 is 0. The van der Waals surface area contributed by atoms with Gasteiger partial charge in [0.05, 0.1) is 4.92 Å². The van der Waals surface area contributed by atoms with Crippen LogP contribution in [0.2, 0.25) is 0 Å². The summed E-state index contributed by atoms with van der Waals surface area (Å²) in [5.74, 6) is -0.415. The number of carbonyl (C=O) groups excluding carboxylic acids is 1. The average molecular weight is 229 g/mol. The van der Waals surface area contributed by atoms with Crippen molar-refractivity contribution in [3.63, 3.8) is 0 Å². The van der Waals surface area contributed by atoms with Crippen molar-refractivity contribution in [3.05, 3.63) is 64.2 Å². The smallest absolute Gasteiger partial charge is 0.285 e. The second-order valence-corrected chi connectivity index (χ2v) is 3.22. The Kier molecular flexibility index (Phi) is 2.87. The minimum Gasteiger partial charge on any atom is -0.285 e. The van der Waals surface area contributed by atoms with Crippen molar-refractivity contribution in [3.8, 4) is 0 Å². The monoisotopic (exact) mass is 229 g/mol. The van der Waals surface area contributed by atoms with Crippen LogP contribution >= 0.6 is 0 Å². The third kappa shape index (κ3) is 2.31. The fraction of sp³-hybridized carbons (Fsp3) is 0. The van der Waals surface area contributed by atoms with Gasteiger partial charge in [-0.2, -0.15) is 0 Å². The number of aromatic nitrogens is 2. The first kappa shape index (κ1) is 10.9. The molecule has 0 bridgehead atoms. The number of nitrogens with zero attached hydrogens (tertiary/aromatic N) is 3. The molecule has 0 aliphatic heterocycles. The Balaban J connectivity index is 2.30.